The van der Waals surface area contributed by atoms with Crippen LogP contribution in [0.2, 0.25) is 0 Å². The van der Waals surface area contributed by atoms with Gasteiger partial charge in [-0.25, -0.2) is 0 Å². The first-order valence-corrected chi connectivity index (χ1v) is 4.96. The molecule has 0 amide bonds. The Morgan fingerprint density at radius 1 is 1.54 bits per heavy atom. The molecule has 3 nitrogen and oxygen atoms in total. The van der Waals surface area contributed by atoms with E-state index in [1.807, 2.05) is 0 Å². The molecule has 2 rings (SSSR count). The van der Waals surface area contributed by atoms with Gasteiger partial charge in [-0.2, -0.15) is 0 Å². The fourth-order valence-electron chi connectivity index (χ4n) is 2.39. The van der Waals surface area contributed by atoms with Crippen LogP contribution in [0.5, 0.6) is 0 Å². The summed E-state index contributed by atoms with van der Waals surface area (Å²) in [6, 6.07) is 0. The number of hydrogen-bond donors (Lipinski definition) is 0. The van der Waals surface area contributed by atoms with Gasteiger partial charge in [-0.3, -0.25) is 4.79 Å². The van der Waals surface area contributed by atoms with Crippen molar-refractivity contribution in [3.63, 3.8) is 0 Å². The van der Waals surface area contributed by atoms with Gasteiger partial charge in [0.1, 0.15) is 0 Å². The lowest BCUT2D eigenvalue weighted by atomic mass is 9.65. The van der Waals surface area contributed by atoms with Gasteiger partial charge < -0.3 is 9.47 Å². The largest absolute Gasteiger partial charge is 0.469 e. The van der Waals surface area contributed by atoms with Gasteiger partial charge in [0.15, 0.2) is 0 Å². The molecule has 0 aromatic carbocycles. The normalized spacial score (nSPS) is 34.2. The zero-order chi connectivity index (χ0) is 9.31. The van der Waals surface area contributed by atoms with Crippen molar-refractivity contribution in [3.05, 3.63) is 0 Å². The Bertz CT molecular complexity index is 202. The van der Waals surface area contributed by atoms with Crippen molar-refractivity contribution in [1.29, 1.82) is 0 Å². The highest BCUT2D eigenvalue weighted by atomic mass is 16.5. The van der Waals surface area contributed by atoms with Gasteiger partial charge in [0, 0.05) is 6.61 Å². The molecule has 1 heterocycles. The van der Waals surface area contributed by atoms with Crippen molar-refractivity contribution in [1.82, 2.24) is 0 Å². The van der Waals surface area contributed by atoms with Gasteiger partial charge in [-0.05, 0) is 25.2 Å². The van der Waals surface area contributed by atoms with Gasteiger partial charge in [0.05, 0.1) is 19.1 Å². The van der Waals surface area contributed by atoms with Crippen molar-refractivity contribution in [2.45, 2.75) is 25.7 Å². The molecule has 0 aromatic heterocycles. The van der Waals surface area contributed by atoms with Crippen LogP contribution in [0, 0.1) is 11.3 Å². The molecule has 0 radical (unpaired) electrons. The fraction of sp³-hybridized carbons (Fsp3) is 0.900. The number of esters is 1. The van der Waals surface area contributed by atoms with E-state index in [1.165, 1.54) is 26.4 Å². The van der Waals surface area contributed by atoms with Gasteiger partial charge in [0.25, 0.3) is 0 Å². The first-order chi connectivity index (χ1) is 6.29. The molecule has 1 aliphatic carbocycles. The SMILES string of the molecule is COC(=O)C1(C2CCC2)CCOC1. The second kappa shape index (κ2) is 3.29. The van der Waals surface area contributed by atoms with E-state index in [-0.39, 0.29) is 11.4 Å². The minimum atomic E-state index is -0.285. The van der Waals surface area contributed by atoms with Crippen LogP contribution in [0.15, 0.2) is 0 Å². The molecular formula is C10H16O3. The van der Waals surface area contributed by atoms with Crippen LogP contribution in [-0.2, 0) is 14.3 Å². The van der Waals surface area contributed by atoms with Crippen molar-refractivity contribution >= 4 is 5.97 Å². The summed E-state index contributed by atoms with van der Waals surface area (Å²) in [6.45, 7) is 1.29. The Labute approximate surface area is 78.4 Å². The van der Waals surface area contributed by atoms with Crippen LogP contribution in [0.3, 0.4) is 0 Å². The standard InChI is InChI=1S/C10H16O3/c1-12-9(11)10(5-6-13-7-10)8-3-2-4-8/h8H,2-7H2,1H3. The van der Waals surface area contributed by atoms with Crippen LogP contribution in [0.25, 0.3) is 0 Å². The number of rotatable bonds is 2. The highest BCUT2D eigenvalue weighted by Gasteiger charge is 2.51. The van der Waals surface area contributed by atoms with E-state index < -0.39 is 0 Å². The van der Waals surface area contributed by atoms with Crippen molar-refractivity contribution in [3.8, 4) is 0 Å². The lowest BCUT2D eigenvalue weighted by molar-refractivity contribution is -0.159. The highest BCUT2D eigenvalue weighted by Crippen LogP contribution is 2.47. The summed E-state index contributed by atoms with van der Waals surface area (Å²) in [7, 11) is 1.47. The third-order valence-electron chi connectivity index (χ3n) is 3.53. The first kappa shape index (κ1) is 9.00. The number of carbonyl (C=O) groups excluding carboxylic acids is 1. The molecular weight excluding hydrogens is 168 g/mol. The van der Waals surface area contributed by atoms with E-state index in [2.05, 4.69) is 0 Å². The zero-order valence-corrected chi connectivity index (χ0v) is 8.04. The lowest BCUT2D eigenvalue weighted by Gasteiger charge is -2.39. The average molecular weight is 184 g/mol. The Balaban J connectivity index is 2.13. The molecule has 0 bridgehead atoms. The minimum absolute atomic E-state index is 0.0605. The predicted molar refractivity (Wildman–Crippen MR) is 47.2 cm³/mol. The van der Waals surface area contributed by atoms with Gasteiger partial charge in [-0.1, -0.05) is 6.42 Å². The minimum Gasteiger partial charge on any atom is -0.469 e. The maximum absolute atomic E-state index is 11.7. The van der Waals surface area contributed by atoms with Crippen LogP contribution >= 0.6 is 0 Å². The Kier molecular flexibility index (Phi) is 2.28. The third-order valence-corrected chi connectivity index (χ3v) is 3.53. The van der Waals surface area contributed by atoms with E-state index in [0.29, 0.717) is 19.1 Å². The smallest absolute Gasteiger partial charge is 0.314 e. The maximum atomic E-state index is 11.7. The zero-order valence-electron chi connectivity index (χ0n) is 8.04. The molecule has 1 saturated carbocycles. The van der Waals surface area contributed by atoms with E-state index in [4.69, 9.17) is 9.47 Å². The van der Waals surface area contributed by atoms with Gasteiger partial charge in [-0.15, -0.1) is 0 Å². The van der Waals surface area contributed by atoms with Crippen LogP contribution in [0.4, 0.5) is 0 Å². The molecule has 0 N–H and O–H groups in total. The van der Waals surface area contributed by atoms with Crippen LogP contribution in [-0.4, -0.2) is 26.3 Å². The second-order valence-corrected chi connectivity index (χ2v) is 4.08. The lowest BCUT2D eigenvalue weighted by Crippen LogP contribution is -2.43. The Morgan fingerprint density at radius 3 is 2.69 bits per heavy atom. The Hall–Kier alpha value is -0.570. The number of ether oxygens (including phenoxy) is 2. The summed E-state index contributed by atoms with van der Waals surface area (Å²) in [5.74, 6) is 0.456. The molecule has 2 aliphatic rings. The molecule has 0 spiro atoms. The van der Waals surface area contributed by atoms with E-state index in [1.54, 1.807) is 0 Å². The number of hydrogen-bond acceptors (Lipinski definition) is 3. The molecule has 1 unspecified atom stereocenters. The summed E-state index contributed by atoms with van der Waals surface area (Å²) in [5, 5.41) is 0. The first-order valence-electron chi connectivity index (χ1n) is 4.96. The maximum Gasteiger partial charge on any atom is 0.314 e. The number of carbonyl (C=O) groups is 1. The molecule has 3 heteroatoms. The second-order valence-electron chi connectivity index (χ2n) is 4.08. The van der Waals surface area contributed by atoms with Crippen molar-refractivity contribution in [2.75, 3.05) is 20.3 Å². The molecule has 1 aliphatic heterocycles. The molecule has 1 atom stereocenters. The summed E-state index contributed by atoms with van der Waals surface area (Å²) in [5.41, 5.74) is -0.285. The van der Waals surface area contributed by atoms with Crippen LogP contribution in [0.1, 0.15) is 25.7 Å². The van der Waals surface area contributed by atoms with E-state index >= 15 is 0 Å². The summed E-state index contributed by atoms with van der Waals surface area (Å²) in [6.07, 6.45) is 4.44. The molecule has 2 fully saturated rings. The number of methoxy groups -OCH3 is 1. The Morgan fingerprint density at radius 2 is 2.31 bits per heavy atom. The molecule has 1 saturated heterocycles. The van der Waals surface area contributed by atoms with Crippen molar-refractivity contribution < 1.29 is 14.3 Å². The quantitative estimate of drug-likeness (QED) is 0.608. The van der Waals surface area contributed by atoms with Crippen molar-refractivity contribution in [2.24, 2.45) is 11.3 Å². The van der Waals surface area contributed by atoms with Gasteiger partial charge >= 0.3 is 5.97 Å². The summed E-state index contributed by atoms with van der Waals surface area (Å²) < 4.78 is 10.2. The predicted octanol–water partition coefficient (Wildman–Crippen LogP) is 1.37. The summed E-state index contributed by atoms with van der Waals surface area (Å²) >= 11 is 0. The topological polar surface area (TPSA) is 35.5 Å². The monoisotopic (exact) mass is 184 g/mol. The summed E-state index contributed by atoms with van der Waals surface area (Å²) in [4.78, 5) is 11.7. The molecule has 0 aromatic rings. The van der Waals surface area contributed by atoms with Gasteiger partial charge in [0.2, 0.25) is 0 Å². The average Bonchev–Trinajstić information content (AvgIpc) is 2.50. The third kappa shape index (κ3) is 1.26. The van der Waals surface area contributed by atoms with Crippen LogP contribution < -0.4 is 0 Å². The highest BCUT2D eigenvalue weighted by molar-refractivity contribution is 5.77. The fourth-order valence-corrected chi connectivity index (χ4v) is 2.39. The molecule has 13 heavy (non-hydrogen) atoms. The van der Waals surface area contributed by atoms with E-state index in [0.717, 1.165) is 6.42 Å². The van der Waals surface area contributed by atoms with E-state index in [9.17, 15) is 4.79 Å². The molecule has 74 valence electrons.